The van der Waals surface area contributed by atoms with Crippen LogP contribution in [0.5, 0.6) is 0 Å². The van der Waals surface area contributed by atoms with Crippen molar-refractivity contribution in [2.75, 3.05) is 5.32 Å². The van der Waals surface area contributed by atoms with Crippen molar-refractivity contribution in [1.82, 2.24) is 5.32 Å². The Labute approximate surface area is 228 Å². The van der Waals surface area contributed by atoms with E-state index >= 15 is 0 Å². The first kappa shape index (κ1) is 26.1. The van der Waals surface area contributed by atoms with Gasteiger partial charge in [0.1, 0.15) is 5.70 Å². The Kier molecular flexibility index (Phi) is 8.69. The Balaban J connectivity index is 1.46. The minimum absolute atomic E-state index is 0.0952. The number of benzene rings is 3. The van der Waals surface area contributed by atoms with E-state index in [1.807, 2.05) is 23.6 Å². The van der Waals surface area contributed by atoms with E-state index in [9.17, 15) is 14.4 Å². The van der Waals surface area contributed by atoms with Crippen molar-refractivity contribution < 1.29 is 14.4 Å². The Bertz CT molecular complexity index is 1480. The fraction of sp³-hybridized carbons (Fsp3) is 0. The van der Waals surface area contributed by atoms with Crippen LogP contribution >= 0.6 is 34.5 Å². The van der Waals surface area contributed by atoms with Crippen LogP contribution in [0.1, 0.15) is 31.2 Å². The molecule has 0 fully saturated rings. The summed E-state index contributed by atoms with van der Waals surface area (Å²) < 4.78 is 0. The van der Waals surface area contributed by atoms with Gasteiger partial charge in [-0.1, -0.05) is 59.6 Å². The highest BCUT2D eigenvalue weighted by Gasteiger charge is 2.15. The van der Waals surface area contributed by atoms with Crippen molar-refractivity contribution in [2.45, 2.75) is 0 Å². The monoisotopic (exact) mass is 546 g/mol. The number of ketones is 1. The molecule has 0 unspecified atom stereocenters. The first-order valence-corrected chi connectivity index (χ1v) is 12.7. The third-order valence-electron chi connectivity index (χ3n) is 5.18. The second-order valence-corrected chi connectivity index (χ2v) is 9.53. The van der Waals surface area contributed by atoms with Crippen LogP contribution in [0.25, 0.3) is 12.2 Å². The van der Waals surface area contributed by atoms with Gasteiger partial charge in [-0.25, -0.2) is 0 Å². The van der Waals surface area contributed by atoms with Crippen molar-refractivity contribution in [3.8, 4) is 0 Å². The van der Waals surface area contributed by atoms with Gasteiger partial charge in [0.05, 0.1) is 10.0 Å². The summed E-state index contributed by atoms with van der Waals surface area (Å²) in [5.41, 5.74) is 2.06. The molecule has 0 aliphatic heterocycles. The number of carbonyl (C=O) groups is 3. The molecule has 0 atom stereocenters. The smallest absolute Gasteiger partial charge is 0.272 e. The van der Waals surface area contributed by atoms with E-state index in [-0.39, 0.29) is 11.5 Å². The zero-order chi connectivity index (χ0) is 26.2. The number of nitrogens with one attached hydrogen (secondary N) is 2. The average Bonchev–Trinajstić information content (AvgIpc) is 3.43. The van der Waals surface area contributed by atoms with E-state index in [4.69, 9.17) is 23.2 Å². The summed E-state index contributed by atoms with van der Waals surface area (Å²) in [6.07, 6.45) is 4.62. The molecule has 5 nitrogen and oxygen atoms in total. The number of amides is 2. The topological polar surface area (TPSA) is 75.3 Å². The van der Waals surface area contributed by atoms with Crippen molar-refractivity contribution >= 4 is 70.0 Å². The van der Waals surface area contributed by atoms with Crippen molar-refractivity contribution in [3.05, 3.63) is 134 Å². The predicted octanol–water partition coefficient (Wildman–Crippen LogP) is 7.36. The quantitative estimate of drug-likeness (QED) is 0.179. The molecular weight excluding hydrogens is 527 g/mol. The predicted molar refractivity (Wildman–Crippen MR) is 151 cm³/mol. The van der Waals surface area contributed by atoms with E-state index in [0.717, 1.165) is 4.88 Å². The van der Waals surface area contributed by atoms with Crippen LogP contribution < -0.4 is 10.6 Å². The molecule has 1 aromatic heterocycles. The van der Waals surface area contributed by atoms with E-state index < -0.39 is 11.8 Å². The number of anilines is 1. The lowest BCUT2D eigenvalue weighted by Gasteiger charge is -2.11. The number of hydrogen-bond donors (Lipinski definition) is 2. The highest BCUT2D eigenvalue weighted by molar-refractivity contribution is 7.10. The Morgan fingerprint density at radius 2 is 1.54 bits per heavy atom. The average molecular weight is 547 g/mol. The molecule has 37 heavy (non-hydrogen) atoms. The van der Waals surface area contributed by atoms with Gasteiger partial charge in [-0.2, -0.15) is 0 Å². The van der Waals surface area contributed by atoms with Gasteiger partial charge in [0.2, 0.25) is 0 Å². The highest BCUT2D eigenvalue weighted by Crippen LogP contribution is 2.26. The Morgan fingerprint density at radius 1 is 0.784 bits per heavy atom. The normalized spacial score (nSPS) is 11.4. The first-order chi connectivity index (χ1) is 17.9. The number of hydrogen-bond acceptors (Lipinski definition) is 4. The molecule has 0 bridgehead atoms. The van der Waals surface area contributed by atoms with Crippen LogP contribution in [0.3, 0.4) is 0 Å². The van der Waals surface area contributed by atoms with Gasteiger partial charge in [-0.05, 0) is 77.7 Å². The van der Waals surface area contributed by atoms with E-state index in [1.54, 1.807) is 78.9 Å². The minimum Gasteiger partial charge on any atom is -0.321 e. The summed E-state index contributed by atoms with van der Waals surface area (Å²) in [5.74, 6) is -1.12. The van der Waals surface area contributed by atoms with Gasteiger partial charge in [0.25, 0.3) is 11.8 Å². The fourth-order valence-electron chi connectivity index (χ4n) is 3.29. The SMILES string of the molecule is O=C(Nc1ccc(C(=O)/C=C/c2cccc(Cl)c2Cl)cc1)/C(=C/c1cccs1)NC(=O)c1ccccc1. The molecule has 0 saturated heterocycles. The molecule has 184 valence electrons. The zero-order valence-corrected chi connectivity index (χ0v) is 21.6. The van der Waals surface area contributed by atoms with Crippen LogP contribution in [-0.2, 0) is 4.79 Å². The largest absolute Gasteiger partial charge is 0.321 e. The fourth-order valence-corrected chi connectivity index (χ4v) is 4.31. The van der Waals surface area contributed by atoms with Crippen molar-refractivity contribution in [1.29, 1.82) is 0 Å². The standard InChI is InChI=1S/C29H20Cl2N2O3S/c30-24-10-4-8-20(27(24)31)13-16-26(34)19-11-14-22(15-12-19)32-29(36)25(18-23-9-5-17-37-23)33-28(35)21-6-2-1-3-7-21/h1-18H,(H,32,36)(H,33,35)/b16-13+,25-18-. The lowest BCUT2D eigenvalue weighted by Crippen LogP contribution is -2.30. The molecule has 4 aromatic rings. The van der Waals surface area contributed by atoms with Gasteiger partial charge >= 0.3 is 0 Å². The molecule has 1 heterocycles. The number of rotatable bonds is 8. The minimum atomic E-state index is -0.493. The Hall–Kier alpha value is -3.97. The molecule has 0 aliphatic carbocycles. The maximum Gasteiger partial charge on any atom is 0.272 e. The maximum absolute atomic E-state index is 13.1. The summed E-state index contributed by atoms with van der Waals surface area (Å²) in [5, 5.41) is 8.12. The summed E-state index contributed by atoms with van der Waals surface area (Å²) in [4.78, 5) is 39.1. The molecular formula is C29H20Cl2N2O3S. The van der Waals surface area contributed by atoms with Gasteiger partial charge in [0, 0.05) is 21.7 Å². The van der Waals surface area contributed by atoms with Crippen LogP contribution in [0, 0.1) is 0 Å². The number of allylic oxidation sites excluding steroid dienone is 1. The maximum atomic E-state index is 13.1. The third kappa shape index (κ3) is 7.05. The molecule has 0 aliphatic rings. The second kappa shape index (κ2) is 12.3. The molecule has 4 rings (SSSR count). The highest BCUT2D eigenvalue weighted by atomic mass is 35.5. The Morgan fingerprint density at radius 3 is 2.24 bits per heavy atom. The number of halogens is 2. The first-order valence-electron chi connectivity index (χ1n) is 11.1. The lowest BCUT2D eigenvalue weighted by molar-refractivity contribution is -0.113. The van der Waals surface area contributed by atoms with Crippen molar-refractivity contribution in [3.63, 3.8) is 0 Å². The number of carbonyl (C=O) groups excluding carboxylic acids is 3. The molecule has 0 spiro atoms. The van der Waals surface area contributed by atoms with E-state index in [1.165, 1.54) is 17.4 Å². The molecule has 3 aromatic carbocycles. The van der Waals surface area contributed by atoms with Crippen LogP contribution in [0.2, 0.25) is 10.0 Å². The van der Waals surface area contributed by atoms with E-state index in [0.29, 0.717) is 32.4 Å². The third-order valence-corrected chi connectivity index (χ3v) is 6.83. The van der Waals surface area contributed by atoms with Crippen molar-refractivity contribution in [2.24, 2.45) is 0 Å². The van der Waals surface area contributed by atoms with Gasteiger partial charge < -0.3 is 10.6 Å². The van der Waals surface area contributed by atoms with Crippen LogP contribution in [0.4, 0.5) is 5.69 Å². The zero-order valence-electron chi connectivity index (χ0n) is 19.3. The lowest BCUT2D eigenvalue weighted by atomic mass is 10.1. The molecule has 2 amide bonds. The molecule has 8 heteroatoms. The molecule has 2 N–H and O–H groups in total. The summed E-state index contributed by atoms with van der Waals surface area (Å²) in [6.45, 7) is 0. The molecule has 0 radical (unpaired) electrons. The summed E-state index contributed by atoms with van der Waals surface area (Å²) in [6, 6.07) is 24.0. The van der Waals surface area contributed by atoms with Gasteiger partial charge in [-0.3, -0.25) is 14.4 Å². The molecule has 0 saturated carbocycles. The summed E-state index contributed by atoms with van der Waals surface area (Å²) in [7, 11) is 0. The second-order valence-electron chi connectivity index (χ2n) is 7.77. The van der Waals surface area contributed by atoms with E-state index in [2.05, 4.69) is 10.6 Å². The van der Waals surface area contributed by atoms with Crippen LogP contribution in [-0.4, -0.2) is 17.6 Å². The number of thiophene rings is 1. The van der Waals surface area contributed by atoms with Gasteiger partial charge in [0.15, 0.2) is 5.78 Å². The summed E-state index contributed by atoms with van der Waals surface area (Å²) >= 11 is 13.6. The van der Waals surface area contributed by atoms with Gasteiger partial charge in [-0.15, -0.1) is 11.3 Å². The van der Waals surface area contributed by atoms with Crippen LogP contribution in [0.15, 0.2) is 102 Å².